The number of likely N-dealkylation sites (tertiary alicyclic amines) is 1. The zero-order valence-electron chi connectivity index (χ0n) is 23.5. The highest BCUT2D eigenvalue weighted by Crippen LogP contribution is 2.41. The van der Waals surface area contributed by atoms with Crippen molar-refractivity contribution in [2.45, 2.75) is 38.7 Å². The Hall–Kier alpha value is -2.92. The number of nitrogens with two attached hydrogens (primary N) is 1. The van der Waals surface area contributed by atoms with Gasteiger partial charge in [-0.3, -0.25) is 9.89 Å². The normalized spacial score (nSPS) is 22.1. The Labute approximate surface area is 235 Å². The average Bonchev–Trinajstić information content (AvgIpc) is 3.27. The molecule has 0 radical (unpaired) electrons. The van der Waals surface area contributed by atoms with Crippen LogP contribution in [0.15, 0.2) is 63.8 Å². The van der Waals surface area contributed by atoms with Gasteiger partial charge in [-0.1, -0.05) is 42.6 Å². The number of nitrogens with zero attached hydrogens (tertiary/aromatic N) is 2. The molecule has 9 nitrogen and oxygen atoms in total. The van der Waals surface area contributed by atoms with Crippen molar-refractivity contribution in [3.63, 3.8) is 0 Å². The minimum Gasteiger partial charge on any atom is -0.466 e. The maximum absolute atomic E-state index is 14.1. The van der Waals surface area contributed by atoms with Crippen LogP contribution in [0.4, 0.5) is 0 Å². The molecule has 3 rings (SSSR count). The second kappa shape index (κ2) is 13.9. The number of thioether (sulfide) groups is 1. The van der Waals surface area contributed by atoms with Crippen LogP contribution in [0.5, 0.6) is 0 Å². The topological polar surface area (TPSA) is 115 Å². The third-order valence-corrected chi connectivity index (χ3v) is 7.71. The fourth-order valence-corrected chi connectivity index (χ4v) is 5.64. The first-order chi connectivity index (χ1) is 18.7. The van der Waals surface area contributed by atoms with Crippen LogP contribution < -0.4 is 11.1 Å². The fourth-order valence-electron chi connectivity index (χ4n) is 5.08. The van der Waals surface area contributed by atoms with E-state index in [-0.39, 0.29) is 6.61 Å². The predicted molar refractivity (Wildman–Crippen MR) is 155 cm³/mol. The number of nitrogens with one attached hydrogen (secondary N) is 1. The maximum atomic E-state index is 14.1. The number of esters is 2. The SMILES string of the molecule is C=CSC(CN1CCC(C)(OC(=O)C2=C(COCCN)NC(C)=C(C(=O)OC)C2c2ccccc2C)C1)=NC. The maximum Gasteiger partial charge on any atom is 0.337 e. The van der Waals surface area contributed by atoms with E-state index in [4.69, 9.17) is 19.9 Å². The molecule has 0 aromatic heterocycles. The van der Waals surface area contributed by atoms with Crippen molar-refractivity contribution in [3.05, 3.63) is 69.9 Å². The van der Waals surface area contributed by atoms with Gasteiger partial charge < -0.3 is 25.3 Å². The van der Waals surface area contributed by atoms with E-state index in [1.54, 1.807) is 19.4 Å². The van der Waals surface area contributed by atoms with Crippen LogP contribution in [-0.2, 0) is 23.8 Å². The van der Waals surface area contributed by atoms with Gasteiger partial charge in [0.2, 0.25) is 0 Å². The molecule has 1 fully saturated rings. The molecule has 0 spiro atoms. The van der Waals surface area contributed by atoms with Gasteiger partial charge >= 0.3 is 11.9 Å². The molecule has 39 heavy (non-hydrogen) atoms. The lowest BCUT2D eigenvalue weighted by Crippen LogP contribution is -2.40. The fraction of sp³-hybridized carbons (Fsp3) is 0.483. The van der Waals surface area contributed by atoms with Gasteiger partial charge in [0.25, 0.3) is 0 Å². The Morgan fingerprint density at radius 1 is 1.28 bits per heavy atom. The summed E-state index contributed by atoms with van der Waals surface area (Å²) < 4.78 is 17.2. The third kappa shape index (κ3) is 7.39. The number of dihydropyridines is 1. The van der Waals surface area contributed by atoms with Crippen molar-refractivity contribution in [1.29, 1.82) is 0 Å². The molecule has 1 saturated heterocycles. The predicted octanol–water partition coefficient (Wildman–Crippen LogP) is 3.27. The van der Waals surface area contributed by atoms with E-state index >= 15 is 0 Å². The highest BCUT2D eigenvalue weighted by atomic mass is 32.2. The molecule has 212 valence electrons. The zero-order chi connectivity index (χ0) is 28.6. The number of allylic oxidation sites excluding steroid dienone is 1. The van der Waals surface area contributed by atoms with Gasteiger partial charge in [0.1, 0.15) is 5.60 Å². The zero-order valence-corrected chi connectivity index (χ0v) is 24.4. The Bertz CT molecular complexity index is 1180. The molecule has 0 bridgehead atoms. The number of aryl methyl sites for hydroxylation is 1. The first kappa shape index (κ1) is 30.6. The van der Waals surface area contributed by atoms with Crippen LogP contribution in [0.2, 0.25) is 0 Å². The lowest BCUT2D eigenvalue weighted by molar-refractivity contribution is -0.152. The summed E-state index contributed by atoms with van der Waals surface area (Å²) in [6.45, 7) is 12.2. The number of carbonyl (C=O) groups excluding carboxylic acids is 2. The second-order valence-electron chi connectivity index (χ2n) is 9.88. The molecule has 0 amide bonds. The highest BCUT2D eigenvalue weighted by Gasteiger charge is 2.43. The van der Waals surface area contributed by atoms with E-state index < -0.39 is 23.5 Å². The minimum atomic E-state index is -0.719. The number of rotatable bonds is 11. The van der Waals surface area contributed by atoms with Gasteiger partial charge in [0, 0.05) is 45.3 Å². The van der Waals surface area contributed by atoms with Crippen LogP contribution in [0, 0.1) is 6.92 Å². The standard InChI is InChI=1S/C29H40N4O5S/c1-7-39-23(31-5)16-33-14-12-29(4,18-33)38-28(35)26-22(17-37-15-13-30)32-20(3)24(27(34)36-6)25(26)21-11-9-8-10-19(21)2/h7-11,25,32H,1,12-18,30H2,2-6H3. The van der Waals surface area contributed by atoms with Crippen LogP contribution in [0.1, 0.15) is 37.3 Å². The molecule has 2 unspecified atom stereocenters. The van der Waals surface area contributed by atoms with E-state index in [0.29, 0.717) is 55.2 Å². The van der Waals surface area contributed by atoms with E-state index in [0.717, 1.165) is 22.7 Å². The highest BCUT2D eigenvalue weighted by molar-refractivity contribution is 8.16. The molecular weight excluding hydrogens is 516 g/mol. The molecule has 2 aliphatic rings. The lowest BCUT2D eigenvalue weighted by Gasteiger charge is -2.34. The van der Waals surface area contributed by atoms with Crippen molar-refractivity contribution < 1.29 is 23.8 Å². The van der Waals surface area contributed by atoms with Crippen molar-refractivity contribution in [3.8, 4) is 0 Å². The van der Waals surface area contributed by atoms with E-state index in [1.807, 2.05) is 38.1 Å². The van der Waals surface area contributed by atoms with Crippen LogP contribution in [0.25, 0.3) is 0 Å². The smallest absolute Gasteiger partial charge is 0.337 e. The minimum absolute atomic E-state index is 0.119. The van der Waals surface area contributed by atoms with Gasteiger partial charge in [-0.15, -0.1) is 0 Å². The summed E-state index contributed by atoms with van der Waals surface area (Å²) in [5, 5.41) is 5.94. The Morgan fingerprint density at radius 2 is 2.03 bits per heavy atom. The summed E-state index contributed by atoms with van der Waals surface area (Å²) in [5.41, 5.74) is 8.54. The number of carbonyl (C=O) groups is 2. The van der Waals surface area contributed by atoms with Crippen molar-refractivity contribution in [2.75, 3.05) is 53.6 Å². The average molecular weight is 557 g/mol. The molecule has 2 heterocycles. The monoisotopic (exact) mass is 556 g/mol. The van der Waals surface area contributed by atoms with Gasteiger partial charge in [0.15, 0.2) is 0 Å². The van der Waals surface area contributed by atoms with Crippen LogP contribution in [-0.4, -0.2) is 81.0 Å². The molecule has 10 heteroatoms. The number of benzene rings is 1. The van der Waals surface area contributed by atoms with Gasteiger partial charge in [-0.05, 0) is 37.3 Å². The number of aliphatic imine (C=N–C) groups is 1. The number of ether oxygens (including phenoxy) is 3. The lowest BCUT2D eigenvalue weighted by atomic mass is 9.78. The molecule has 1 aromatic rings. The molecule has 1 aromatic carbocycles. The molecule has 2 atom stereocenters. The van der Waals surface area contributed by atoms with Crippen molar-refractivity contribution in [1.82, 2.24) is 10.2 Å². The second-order valence-corrected chi connectivity index (χ2v) is 10.9. The molecule has 0 saturated carbocycles. The number of methoxy groups -OCH3 is 1. The summed E-state index contributed by atoms with van der Waals surface area (Å²) in [4.78, 5) is 33.7. The molecule has 3 N–H and O–H groups in total. The number of hydrogen-bond acceptors (Lipinski definition) is 10. The van der Waals surface area contributed by atoms with Crippen LogP contribution >= 0.6 is 11.8 Å². The third-order valence-electron chi connectivity index (χ3n) is 6.96. The Kier molecular flexibility index (Phi) is 10.9. The molecule has 2 aliphatic heterocycles. The molecule has 0 aliphatic carbocycles. The van der Waals surface area contributed by atoms with Gasteiger partial charge in [-0.2, -0.15) is 0 Å². The summed E-state index contributed by atoms with van der Waals surface area (Å²) in [6.07, 6.45) is 0.669. The van der Waals surface area contributed by atoms with Crippen LogP contribution in [0.3, 0.4) is 0 Å². The first-order valence-electron chi connectivity index (χ1n) is 13.0. The quantitative estimate of drug-likeness (QED) is 0.183. The summed E-state index contributed by atoms with van der Waals surface area (Å²) in [7, 11) is 3.10. The Morgan fingerprint density at radius 3 is 2.67 bits per heavy atom. The first-order valence-corrected chi connectivity index (χ1v) is 13.9. The Balaban J connectivity index is 2.00. The van der Waals surface area contributed by atoms with Crippen molar-refractivity contribution in [2.24, 2.45) is 10.7 Å². The van der Waals surface area contributed by atoms with E-state index in [1.165, 1.54) is 18.9 Å². The molecular formula is C29H40N4O5S. The summed E-state index contributed by atoms with van der Waals surface area (Å²) >= 11 is 1.49. The van der Waals surface area contributed by atoms with E-state index in [2.05, 4.69) is 21.8 Å². The number of hydrogen-bond donors (Lipinski definition) is 2. The van der Waals surface area contributed by atoms with Gasteiger partial charge in [-0.25, -0.2) is 9.59 Å². The van der Waals surface area contributed by atoms with Crippen molar-refractivity contribution >= 4 is 28.7 Å². The van der Waals surface area contributed by atoms with E-state index in [9.17, 15) is 9.59 Å². The summed E-state index contributed by atoms with van der Waals surface area (Å²) in [6, 6.07) is 7.70. The summed E-state index contributed by atoms with van der Waals surface area (Å²) in [5.74, 6) is -1.69. The van der Waals surface area contributed by atoms with Gasteiger partial charge in [0.05, 0.1) is 48.1 Å². The largest absolute Gasteiger partial charge is 0.466 e.